The Morgan fingerprint density at radius 1 is 1.03 bits per heavy atom. The number of fused-ring (bicyclic) bond motifs is 1. The van der Waals surface area contributed by atoms with E-state index in [4.69, 9.17) is 33.7 Å². The Morgan fingerprint density at radius 3 is 2.59 bits per heavy atom. The van der Waals surface area contributed by atoms with Crippen LogP contribution < -0.4 is 21.3 Å². The molecule has 0 aliphatic carbocycles. The lowest BCUT2D eigenvalue weighted by atomic mass is 10.2. The summed E-state index contributed by atoms with van der Waals surface area (Å²) in [6, 6.07) is 16.2. The molecule has 0 amide bonds. The van der Waals surface area contributed by atoms with E-state index < -0.39 is 0 Å². The molecule has 0 fully saturated rings. The number of anilines is 2. The van der Waals surface area contributed by atoms with E-state index in [-0.39, 0.29) is 21.8 Å². The largest absolute Gasteiger partial charge is 0.456 e. The van der Waals surface area contributed by atoms with Crippen molar-refractivity contribution in [1.82, 2.24) is 15.0 Å². The first-order valence-corrected chi connectivity index (χ1v) is 9.36. The van der Waals surface area contributed by atoms with Crippen LogP contribution in [-0.4, -0.2) is 15.0 Å². The summed E-state index contributed by atoms with van der Waals surface area (Å²) in [6.45, 7) is 0.301. The minimum absolute atomic E-state index is 0.0178. The van der Waals surface area contributed by atoms with Gasteiger partial charge < -0.3 is 20.8 Å². The van der Waals surface area contributed by atoms with Gasteiger partial charge in [-0.05, 0) is 24.3 Å². The molecule has 0 aliphatic heterocycles. The summed E-state index contributed by atoms with van der Waals surface area (Å²) in [5.74, 6) is 1.06. The smallest absolute Gasteiger partial charge is 0.252 e. The minimum atomic E-state index is -0.236. The molecular weight excluding hydrogens is 413 g/mol. The fourth-order valence-electron chi connectivity index (χ4n) is 2.84. The number of nitrogens with zero attached hydrogens (tertiary/aromatic N) is 2. The SMILES string of the molecule is Nc1nc(Cl)c(CNc2cccc(Oc3cc(=O)[nH]c4ccccc34)c2)c(Cl)n1. The van der Waals surface area contributed by atoms with Crippen LogP contribution in [0.15, 0.2) is 59.4 Å². The molecule has 0 unspecified atom stereocenters. The normalized spacial score (nSPS) is 10.8. The van der Waals surface area contributed by atoms with Gasteiger partial charge in [0.2, 0.25) is 5.95 Å². The molecule has 29 heavy (non-hydrogen) atoms. The predicted octanol–water partition coefficient (Wildman–Crippen LogP) is 4.61. The number of nitrogens with one attached hydrogen (secondary N) is 2. The molecule has 2 heterocycles. The Morgan fingerprint density at radius 2 is 1.79 bits per heavy atom. The molecule has 4 N–H and O–H groups in total. The topological polar surface area (TPSA) is 106 Å². The van der Waals surface area contributed by atoms with E-state index in [9.17, 15) is 4.79 Å². The maximum atomic E-state index is 11.9. The van der Waals surface area contributed by atoms with Crippen molar-refractivity contribution in [2.24, 2.45) is 0 Å². The number of aromatic nitrogens is 3. The number of nitrogens with two attached hydrogens (primary N) is 1. The van der Waals surface area contributed by atoms with Crippen molar-refractivity contribution in [2.75, 3.05) is 11.1 Å². The van der Waals surface area contributed by atoms with Crippen LogP contribution in [0.1, 0.15) is 5.56 Å². The summed E-state index contributed by atoms with van der Waals surface area (Å²) in [7, 11) is 0. The third kappa shape index (κ3) is 4.26. The molecule has 0 saturated heterocycles. The number of ether oxygens (including phenoxy) is 1. The van der Waals surface area contributed by atoms with E-state index >= 15 is 0 Å². The third-order valence-electron chi connectivity index (χ3n) is 4.17. The van der Waals surface area contributed by atoms with Gasteiger partial charge in [-0.15, -0.1) is 0 Å². The van der Waals surface area contributed by atoms with E-state index in [1.54, 1.807) is 12.1 Å². The first kappa shape index (κ1) is 19.0. The van der Waals surface area contributed by atoms with E-state index in [2.05, 4.69) is 20.3 Å². The molecule has 2 aromatic carbocycles. The van der Waals surface area contributed by atoms with Gasteiger partial charge >= 0.3 is 0 Å². The Balaban J connectivity index is 1.57. The predicted molar refractivity (Wildman–Crippen MR) is 115 cm³/mol. The second-order valence-electron chi connectivity index (χ2n) is 6.17. The molecule has 0 atom stereocenters. The van der Waals surface area contributed by atoms with Gasteiger partial charge in [-0.3, -0.25) is 4.79 Å². The molecule has 146 valence electrons. The van der Waals surface area contributed by atoms with Crippen molar-refractivity contribution in [3.05, 3.63) is 80.8 Å². The molecule has 0 saturated carbocycles. The van der Waals surface area contributed by atoms with Crippen LogP contribution in [0.3, 0.4) is 0 Å². The van der Waals surface area contributed by atoms with E-state index in [1.807, 2.05) is 36.4 Å². The molecule has 9 heteroatoms. The Kier molecular flexibility index (Phi) is 5.24. The van der Waals surface area contributed by atoms with Gasteiger partial charge in [0.15, 0.2) is 0 Å². The molecule has 0 bridgehead atoms. The summed E-state index contributed by atoms with van der Waals surface area (Å²) in [5, 5.41) is 4.39. The number of hydrogen-bond acceptors (Lipinski definition) is 6. The average molecular weight is 428 g/mol. The highest BCUT2D eigenvalue weighted by molar-refractivity contribution is 6.34. The lowest BCUT2D eigenvalue weighted by Gasteiger charge is -2.12. The molecule has 4 aromatic rings. The maximum absolute atomic E-state index is 11.9. The number of para-hydroxylation sites is 1. The van der Waals surface area contributed by atoms with Crippen molar-refractivity contribution < 1.29 is 4.74 Å². The minimum Gasteiger partial charge on any atom is -0.456 e. The Hall–Kier alpha value is -3.29. The number of pyridine rings is 1. The molecule has 7 nitrogen and oxygen atoms in total. The summed E-state index contributed by atoms with van der Waals surface area (Å²) in [5.41, 5.74) is 7.30. The molecule has 4 rings (SSSR count). The monoisotopic (exact) mass is 427 g/mol. The zero-order valence-electron chi connectivity index (χ0n) is 14.9. The highest BCUT2D eigenvalue weighted by Crippen LogP contribution is 2.29. The molecular formula is C20H15Cl2N5O2. The van der Waals surface area contributed by atoms with Gasteiger partial charge in [0, 0.05) is 35.3 Å². The number of aromatic amines is 1. The number of nitrogen functional groups attached to an aromatic ring is 1. The Labute approximate surface area is 175 Å². The molecule has 2 aromatic heterocycles. The average Bonchev–Trinajstić information content (AvgIpc) is 2.67. The van der Waals surface area contributed by atoms with Crippen LogP contribution in [0.5, 0.6) is 11.5 Å². The first-order valence-electron chi connectivity index (χ1n) is 8.61. The molecule has 0 radical (unpaired) electrons. The fraction of sp³-hybridized carbons (Fsp3) is 0.0500. The van der Waals surface area contributed by atoms with Crippen LogP contribution in [0.4, 0.5) is 11.6 Å². The van der Waals surface area contributed by atoms with Crippen LogP contribution in [-0.2, 0) is 6.54 Å². The number of H-pyrrole nitrogens is 1. The summed E-state index contributed by atoms with van der Waals surface area (Å²) in [6.07, 6.45) is 0. The lowest BCUT2D eigenvalue weighted by Crippen LogP contribution is -2.06. The highest BCUT2D eigenvalue weighted by atomic mass is 35.5. The second-order valence-corrected chi connectivity index (χ2v) is 6.88. The van der Waals surface area contributed by atoms with Crippen LogP contribution in [0.25, 0.3) is 10.9 Å². The van der Waals surface area contributed by atoms with Crippen molar-refractivity contribution in [3.8, 4) is 11.5 Å². The van der Waals surface area contributed by atoms with Crippen molar-refractivity contribution in [2.45, 2.75) is 6.54 Å². The third-order valence-corrected chi connectivity index (χ3v) is 4.79. The van der Waals surface area contributed by atoms with Crippen LogP contribution in [0, 0.1) is 0 Å². The second kappa shape index (κ2) is 7.98. The van der Waals surface area contributed by atoms with Gasteiger partial charge in [0.1, 0.15) is 21.8 Å². The van der Waals surface area contributed by atoms with Crippen LogP contribution >= 0.6 is 23.2 Å². The number of rotatable bonds is 5. The summed E-state index contributed by atoms with van der Waals surface area (Å²) < 4.78 is 5.98. The van der Waals surface area contributed by atoms with Crippen molar-refractivity contribution >= 4 is 45.7 Å². The number of halogens is 2. The molecule has 0 spiro atoms. The van der Waals surface area contributed by atoms with E-state index in [1.165, 1.54) is 6.07 Å². The highest BCUT2D eigenvalue weighted by Gasteiger charge is 2.11. The van der Waals surface area contributed by atoms with Gasteiger partial charge in [-0.2, -0.15) is 0 Å². The number of hydrogen-bond donors (Lipinski definition) is 3. The number of benzene rings is 2. The van der Waals surface area contributed by atoms with Crippen LogP contribution in [0.2, 0.25) is 10.3 Å². The standard InChI is InChI=1S/C20H15Cl2N5O2/c21-18-14(19(22)27-20(23)26-18)10-24-11-4-3-5-12(8-11)29-16-9-17(28)25-15-7-2-1-6-13(15)16/h1-9,24H,10H2,(H,25,28)(H2,23,26,27). The van der Waals surface area contributed by atoms with E-state index in [0.29, 0.717) is 29.1 Å². The van der Waals surface area contributed by atoms with Gasteiger partial charge in [0.25, 0.3) is 5.56 Å². The van der Waals surface area contributed by atoms with Crippen molar-refractivity contribution in [3.63, 3.8) is 0 Å². The van der Waals surface area contributed by atoms with Gasteiger partial charge in [0.05, 0.1) is 5.52 Å². The fourth-order valence-corrected chi connectivity index (χ4v) is 3.37. The quantitative estimate of drug-likeness (QED) is 0.401. The summed E-state index contributed by atoms with van der Waals surface area (Å²) in [4.78, 5) is 22.5. The van der Waals surface area contributed by atoms with Crippen molar-refractivity contribution in [1.29, 1.82) is 0 Å². The lowest BCUT2D eigenvalue weighted by molar-refractivity contribution is 0.487. The van der Waals surface area contributed by atoms with E-state index in [0.717, 1.165) is 11.1 Å². The maximum Gasteiger partial charge on any atom is 0.252 e. The zero-order valence-corrected chi connectivity index (χ0v) is 16.5. The van der Waals surface area contributed by atoms with Gasteiger partial charge in [-0.1, -0.05) is 41.4 Å². The zero-order chi connectivity index (χ0) is 20.4. The molecule has 0 aliphatic rings. The Bertz CT molecular complexity index is 1240. The van der Waals surface area contributed by atoms with Gasteiger partial charge in [-0.25, -0.2) is 9.97 Å². The summed E-state index contributed by atoms with van der Waals surface area (Å²) >= 11 is 12.2. The first-order chi connectivity index (χ1) is 14.0.